The van der Waals surface area contributed by atoms with E-state index in [9.17, 15) is 9.59 Å². The molecule has 4 rings (SSSR count). The van der Waals surface area contributed by atoms with Crippen LogP contribution in [-0.4, -0.2) is 28.1 Å². The molecule has 148 valence electrons. The summed E-state index contributed by atoms with van der Waals surface area (Å²) in [5.74, 6) is 0.727. The molecule has 5 heteroatoms. The molecule has 0 fully saturated rings. The minimum absolute atomic E-state index is 0.00192. The number of nitrogens with one attached hydrogen (secondary N) is 1. The Morgan fingerprint density at radius 1 is 1.17 bits per heavy atom. The first kappa shape index (κ1) is 19.1. The van der Waals surface area contributed by atoms with Gasteiger partial charge in [-0.3, -0.25) is 9.59 Å². The average Bonchev–Trinajstić information content (AvgIpc) is 3.42. The number of ether oxygens (including phenoxy) is 1. The van der Waals surface area contributed by atoms with E-state index >= 15 is 0 Å². The number of nitrogens with zero attached hydrogens (tertiary/aromatic N) is 1. The highest BCUT2D eigenvalue weighted by molar-refractivity contribution is 6.04. The van der Waals surface area contributed by atoms with Gasteiger partial charge in [0, 0.05) is 41.8 Å². The fourth-order valence-corrected chi connectivity index (χ4v) is 3.85. The topological polar surface area (TPSA) is 72.0 Å². The highest BCUT2D eigenvalue weighted by atomic mass is 16.5. The standard InChI is InChI=1S/C24H24N2O3/c1-2-22(27)20-12-17(23(28)10-6-9-18-13-25-15-26-18)11-19-21(14-29-24(19)20)16-7-4-3-5-8-16/h3-5,7-8,11-13,15,21H,2,6,9-10,14H2,1H3,(H,25,26). The Morgan fingerprint density at radius 2 is 2.00 bits per heavy atom. The second-order valence-corrected chi connectivity index (χ2v) is 7.35. The van der Waals surface area contributed by atoms with Crippen molar-refractivity contribution < 1.29 is 14.3 Å². The number of carbonyl (C=O) groups excluding carboxylic acids is 2. The van der Waals surface area contributed by atoms with E-state index in [-0.39, 0.29) is 17.5 Å². The number of fused-ring (bicyclic) bond motifs is 1. The number of aromatic nitrogens is 2. The molecule has 0 aliphatic carbocycles. The van der Waals surface area contributed by atoms with E-state index in [1.165, 1.54) is 0 Å². The number of imidazole rings is 1. The van der Waals surface area contributed by atoms with E-state index in [4.69, 9.17) is 4.74 Å². The number of ketones is 2. The van der Waals surface area contributed by atoms with Gasteiger partial charge < -0.3 is 9.72 Å². The fourth-order valence-electron chi connectivity index (χ4n) is 3.85. The fraction of sp³-hybridized carbons (Fsp3) is 0.292. The Labute approximate surface area is 170 Å². The summed E-state index contributed by atoms with van der Waals surface area (Å²) in [4.78, 5) is 32.5. The van der Waals surface area contributed by atoms with Crippen LogP contribution in [0.3, 0.4) is 0 Å². The van der Waals surface area contributed by atoms with Crippen molar-refractivity contribution in [3.63, 3.8) is 0 Å². The minimum atomic E-state index is 0.00192. The smallest absolute Gasteiger partial charge is 0.166 e. The highest BCUT2D eigenvalue weighted by Gasteiger charge is 2.31. The lowest BCUT2D eigenvalue weighted by atomic mass is 9.88. The molecule has 1 N–H and O–H groups in total. The van der Waals surface area contributed by atoms with Crippen molar-refractivity contribution in [3.05, 3.63) is 82.9 Å². The number of aromatic amines is 1. The summed E-state index contributed by atoms with van der Waals surface area (Å²) in [7, 11) is 0. The highest BCUT2D eigenvalue weighted by Crippen LogP contribution is 2.42. The van der Waals surface area contributed by atoms with E-state index in [1.807, 2.05) is 31.2 Å². The largest absolute Gasteiger partial charge is 0.492 e. The molecule has 0 saturated heterocycles. The van der Waals surface area contributed by atoms with Crippen LogP contribution < -0.4 is 4.74 Å². The van der Waals surface area contributed by atoms with Crippen molar-refractivity contribution in [2.45, 2.75) is 38.5 Å². The maximum absolute atomic E-state index is 12.9. The molecule has 5 nitrogen and oxygen atoms in total. The summed E-state index contributed by atoms with van der Waals surface area (Å²) in [5.41, 5.74) is 4.21. The second-order valence-electron chi connectivity index (χ2n) is 7.35. The maximum atomic E-state index is 12.9. The van der Waals surface area contributed by atoms with Gasteiger partial charge in [0.25, 0.3) is 0 Å². The monoisotopic (exact) mass is 388 g/mol. The van der Waals surface area contributed by atoms with E-state index in [1.54, 1.807) is 18.6 Å². The van der Waals surface area contributed by atoms with Crippen LogP contribution in [0.2, 0.25) is 0 Å². The zero-order chi connectivity index (χ0) is 20.2. The zero-order valence-electron chi connectivity index (χ0n) is 16.5. The van der Waals surface area contributed by atoms with Gasteiger partial charge in [-0.1, -0.05) is 37.3 Å². The number of carbonyl (C=O) groups is 2. The molecule has 0 amide bonds. The van der Waals surface area contributed by atoms with Gasteiger partial charge in [-0.25, -0.2) is 4.98 Å². The van der Waals surface area contributed by atoms with Gasteiger partial charge >= 0.3 is 0 Å². The first-order valence-electron chi connectivity index (χ1n) is 10.1. The van der Waals surface area contributed by atoms with Gasteiger partial charge in [0.05, 0.1) is 18.5 Å². The Hall–Kier alpha value is -3.21. The number of benzene rings is 2. The summed E-state index contributed by atoms with van der Waals surface area (Å²) in [6.07, 6.45) is 5.72. The third kappa shape index (κ3) is 3.99. The SMILES string of the molecule is CCC(=O)c1cc(C(=O)CCCc2cnc[nH]2)cc2c1OCC2c1ccccc1. The summed E-state index contributed by atoms with van der Waals surface area (Å²) in [5, 5.41) is 0. The van der Waals surface area contributed by atoms with Gasteiger partial charge in [-0.2, -0.15) is 0 Å². The number of aryl methyl sites for hydroxylation is 1. The van der Waals surface area contributed by atoms with Crippen molar-refractivity contribution in [1.82, 2.24) is 9.97 Å². The minimum Gasteiger partial charge on any atom is -0.492 e. The molecule has 1 aliphatic rings. The molecule has 2 aromatic carbocycles. The van der Waals surface area contributed by atoms with Crippen molar-refractivity contribution in [2.75, 3.05) is 6.61 Å². The molecule has 29 heavy (non-hydrogen) atoms. The van der Waals surface area contributed by atoms with Crippen molar-refractivity contribution in [3.8, 4) is 5.75 Å². The summed E-state index contributed by atoms with van der Waals surface area (Å²) >= 11 is 0. The van der Waals surface area contributed by atoms with Gasteiger partial charge in [0.1, 0.15) is 5.75 Å². The molecule has 1 aromatic heterocycles. The number of Topliss-reactive ketones (excluding diaryl/α,β-unsaturated/α-hetero) is 2. The summed E-state index contributed by atoms with van der Waals surface area (Å²) in [6.45, 7) is 2.32. The van der Waals surface area contributed by atoms with E-state index in [0.717, 1.165) is 29.7 Å². The lowest BCUT2D eigenvalue weighted by Crippen LogP contribution is -2.07. The number of hydrogen-bond donors (Lipinski definition) is 1. The third-order valence-corrected chi connectivity index (χ3v) is 5.44. The Balaban J connectivity index is 1.62. The quantitative estimate of drug-likeness (QED) is 0.566. The van der Waals surface area contributed by atoms with Crippen LogP contribution in [0.15, 0.2) is 55.0 Å². The van der Waals surface area contributed by atoms with Crippen LogP contribution in [0, 0.1) is 0 Å². The number of rotatable bonds is 8. The first-order chi connectivity index (χ1) is 14.2. The van der Waals surface area contributed by atoms with Crippen LogP contribution in [0.25, 0.3) is 0 Å². The van der Waals surface area contributed by atoms with Crippen molar-refractivity contribution in [1.29, 1.82) is 0 Å². The van der Waals surface area contributed by atoms with Gasteiger partial charge in [-0.15, -0.1) is 0 Å². The number of H-pyrrole nitrogens is 1. The van der Waals surface area contributed by atoms with Gasteiger partial charge in [0.15, 0.2) is 11.6 Å². The molecule has 2 heterocycles. The maximum Gasteiger partial charge on any atom is 0.166 e. The number of hydrogen-bond acceptors (Lipinski definition) is 4. The van der Waals surface area contributed by atoms with Crippen LogP contribution in [0.1, 0.15) is 69.6 Å². The van der Waals surface area contributed by atoms with Gasteiger partial charge in [0.2, 0.25) is 0 Å². The molecular formula is C24H24N2O3. The average molecular weight is 388 g/mol. The lowest BCUT2D eigenvalue weighted by molar-refractivity contribution is 0.0980. The predicted molar refractivity (Wildman–Crippen MR) is 111 cm³/mol. The first-order valence-corrected chi connectivity index (χ1v) is 10.1. The molecule has 0 spiro atoms. The van der Waals surface area contributed by atoms with Crippen LogP contribution in [-0.2, 0) is 6.42 Å². The van der Waals surface area contributed by atoms with E-state index in [2.05, 4.69) is 22.1 Å². The van der Waals surface area contributed by atoms with Crippen LogP contribution in [0.5, 0.6) is 5.75 Å². The van der Waals surface area contributed by atoms with E-state index < -0.39 is 0 Å². The molecule has 0 radical (unpaired) electrons. The van der Waals surface area contributed by atoms with Crippen LogP contribution >= 0.6 is 0 Å². The van der Waals surface area contributed by atoms with Gasteiger partial charge in [-0.05, 0) is 30.5 Å². The van der Waals surface area contributed by atoms with Crippen LogP contribution in [0.4, 0.5) is 0 Å². The third-order valence-electron chi connectivity index (χ3n) is 5.44. The predicted octanol–water partition coefficient (Wildman–Crippen LogP) is 4.73. The Bertz CT molecular complexity index is 1010. The molecule has 1 atom stereocenters. The van der Waals surface area contributed by atoms with Crippen molar-refractivity contribution >= 4 is 11.6 Å². The molecule has 1 aliphatic heterocycles. The van der Waals surface area contributed by atoms with E-state index in [0.29, 0.717) is 36.3 Å². The lowest BCUT2D eigenvalue weighted by Gasteiger charge is -2.12. The Morgan fingerprint density at radius 3 is 2.72 bits per heavy atom. The Kier molecular flexibility index (Phi) is 5.56. The van der Waals surface area contributed by atoms with Crippen molar-refractivity contribution in [2.24, 2.45) is 0 Å². The molecule has 0 bridgehead atoms. The second kappa shape index (κ2) is 8.43. The molecular weight excluding hydrogens is 364 g/mol. The summed E-state index contributed by atoms with van der Waals surface area (Å²) in [6, 6.07) is 13.7. The summed E-state index contributed by atoms with van der Waals surface area (Å²) < 4.78 is 5.94. The molecule has 0 saturated carbocycles. The molecule has 1 unspecified atom stereocenters. The normalized spacial score (nSPS) is 15.0. The zero-order valence-corrected chi connectivity index (χ0v) is 16.5. The molecule has 3 aromatic rings.